The summed E-state index contributed by atoms with van der Waals surface area (Å²) in [5, 5.41) is 17.7. The van der Waals surface area contributed by atoms with Crippen molar-refractivity contribution in [1.82, 2.24) is 15.0 Å². The fourth-order valence-corrected chi connectivity index (χ4v) is 1.54. The average Bonchev–Trinajstić information content (AvgIpc) is 2.73. The van der Waals surface area contributed by atoms with Crippen molar-refractivity contribution in [2.24, 2.45) is 7.05 Å². The van der Waals surface area contributed by atoms with Crippen LogP contribution in [-0.4, -0.2) is 20.1 Å². The first-order valence-corrected chi connectivity index (χ1v) is 4.75. The lowest BCUT2D eigenvalue weighted by Gasteiger charge is -2.03. The third kappa shape index (κ3) is 1.58. The predicted molar refractivity (Wildman–Crippen MR) is 51.5 cm³/mol. The maximum atomic E-state index is 9.84. The van der Waals surface area contributed by atoms with E-state index in [0.29, 0.717) is 11.5 Å². The van der Waals surface area contributed by atoms with Gasteiger partial charge in [0.05, 0.1) is 16.9 Å². The Morgan fingerprint density at radius 3 is 2.93 bits per heavy atom. The Labute approximate surface area is 88.5 Å². The van der Waals surface area contributed by atoms with Gasteiger partial charge in [0.2, 0.25) is 0 Å². The highest BCUT2D eigenvalue weighted by molar-refractivity contribution is 9.10. The van der Waals surface area contributed by atoms with Crippen molar-refractivity contribution in [2.75, 3.05) is 0 Å². The SMILES string of the molecule is Cn1ncc(C(O)c2occc2Br)n1. The second-order valence-corrected chi connectivity index (χ2v) is 3.65. The van der Waals surface area contributed by atoms with Crippen LogP contribution in [0.2, 0.25) is 0 Å². The fourth-order valence-electron chi connectivity index (χ4n) is 1.12. The lowest BCUT2D eigenvalue weighted by atomic mass is 10.2. The van der Waals surface area contributed by atoms with E-state index in [-0.39, 0.29) is 0 Å². The number of nitrogens with zero attached hydrogens (tertiary/aromatic N) is 3. The summed E-state index contributed by atoms with van der Waals surface area (Å²) in [6.45, 7) is 0. The monoisotopic (exact) mass is 257 g/mol. The second kappa shape index (κ2) is 3.55. The van der Waals surface area contributed by atoms with Crippen LogP contribution >= 0.6 is 15.9 Å². The molecule has 5 nitrogen and oxygen atoms in total. The van der Waals surface area contributed by atoms with Crippen molar-refractivity contribution >= 4 is 15.9 Å². The van der Waals surface area contributed by atoms with Crippen LogP contribution in [0.25, 0.3) is 0 Å². The van der Waals surface area contributed by atoms with Crippen molar-refractivity contribution in [2.45, 2.75) is 6.10 Å². The van der Waals surface area contributed by atoms with Gasteiger partial charge in [0.1, 0.15) is 5.69 Å². The molecule has 6 heteroatoms. The van der Waals surface area contributed by atoms with Crippen molar-refractivity contribution < 1.29 is 9.52 Å². The molecule has 0 aliphatic rings. The van der Waals surface area contributed by atoms with Gasteiger partial charge in [-0.15, -0.1) is 0 Å². The van der Waals surface area contributed by atoms with E-state index in [1.54, 1.807) is 13.1 Å². The summed E-state index contributed by atoms with van der Waals surface area (Å²) >= 11 is 3.26. The summed E-state index contributed by atoms with van der Waals surface area (Å²) in [5.74, 6) is 0.436. The van der Waals surface area contributed by atoms with Gasteiger partial charge in [-0.3, -0.25) is 0 Å². The average molecular weight is 258 g/mol. The van der Waals surface area contributed by atoms with Gasteiger partial charge >= 0.3 is 0 Å². The second-order valence-electron chi connectivity index (χ2n) is 2.79. The molecule has 0 saturated heterocycles. The molecule has 14 heavy (non-hydrogen) atoms. The normalized spacial score (nSPS) is 13.1. The molecule has 2 rings (SSSR count). The van der Waals surface area contributed by atoms with Gasteiger partial charge < -0.3 is 9.52 Å². The molecule has 0 radical (unpaired) electrons. The van der Waals surface area contributed by atoms with Gasteiger partial charge in [-0.05, 0) is 22.0 Å². The molecule has 0 saturated carbocycles. The van der Waals surface area contributed by atoms with Crippen LogP contribution in [0.3, 0.4) is 0 Å². The highest BCUT2D eigenvalue weighted by Gasteiger charge is 2.19. The number of aryl methyl sites for hydroxylation is 1. The summed E-state index contributed by atoms with van der Waals surface area (Å²) in [6, 6.07) is 1.72. The number of hydrogen-bond acceptors (Lipinski definition) is 4. The Balaban J connectivity index is 2.33. The van der Waals surface area contributed by atoms with E-state index >= 15 is 0 Å². The minimum absolute atomic E-state index is 0.436. The number of rotatable bonds is 2. The molecular formula is C8H8BrN3O2. The minimum Gasteiger partial charge on any atom is -0.465 e. The molecule has 0 aromatic carbocycles. The van der Waals surface area contributed by atoms with Gasteiger partial charge in [-0.2, -0.15) is 15.0 Å². The molecule has 2 heterocycles. The molecule has 0 spiro atoms. The van der Waals surface area contributed by atoms with Crippen LogP contribution in [0.5, 0.6) is 0 Å². The van der Waals surface area contributed by atoms with Crippen LogP contribution in [0.1, 0.15) is 17.6 Å². The Kier molecular flexibility index (Phi) is 2.39. The minimum atomic E-state index is -0.881. The number of furan rings is 1. The van der Waals surface area contributed by atoms with E-state index in [1.807, 2.05) is 0 Å². The molecule has 0 aliphatic heterocycles. The first-order valence-electron chi connectivity index (χ1n) is 3.95. The first-order chi connectivity index (χ1) is 6.68. The van der Waals surface area contributed by atoms with Gasteiger partial charge in [0.15, 0.2) is 11.9 Å². The number of aliphatic hydroxyl groups excluding tert-OH is 1. The van der Waals surface area contributed by atoms with Gasteiger partial charge in [-0.25, -0.2) is 0 Å². The Hall–Kier alpha value is -1.14. The molecule has 2 aromatic heterocycles. The molecule has 0 aliphatic carbocycles. The Morgan fingerprint density at radius 1 is 1.64 bits per heavy atom. The molecule has 1 N–H and O–H groups in total. The van der Waals surface area contributed by atoms with Crippen molar-refractivity contribution in [1.29, 1.82) is 0 Å². The van der Waals surface area contributed by atoms with E-state index < -0.39 is 6.10 Å². The summed E-state index contributed by atoms with van der Waals surface area (Å²) in [6.07, 6.45) is 2.12. The summed E-state index contributed by atoms with van der Waals surface area (Å²) < 4.78 is 5.83. The Morgan fingerprint density at radius 2 is 2.43 bits per heavy atom. The molecular weight excluding hydrogens is 250 g/mol. The van der Waals surface area contributed by atoms with Crippen LogP contribution in [0.15, 0.2) is 27.4 Å². The lowest BCUT2D eigenvalue weighted by molar-refractivity contribution is 0.183. The smallest absolute Gasteiger partial charge is 0.158 e. The topological polar surface area (TPSA) is 64.1 Å². The molecule has 1 atom stereocenters. The quantitative estimate of drug-likeness (QED) is 0.880. The standard InChI is InChI=1S/C8H8BrN3O2/c1-12-10-4-6(11-12)7(13)8-5(9)2-3-14-8/h2-4,7,13H,1H3. The van der Waals surface area contributed by atoms with E-state index in [9.17, 15) is 5.11 Å². The van der Waals surface area contributed by atoms with Crippen molar-refractivity contribution in [3.8, 4) is 0 Å². The molecule has 0 fully saturated rings. The third-order valence-corrected chi connectivity index (χ3v) is 2.45. The van der Waals surface area contributed by atoms with Crippen LogP contribution in [0.4, 0.5) is 0 Å². The van der Waals surface area contributed by atoms with Crippen LogP contribution in [-0.2, 0) is 7.05 Å². The van der Waals surface area contributed by atoms with E-state index in [2.05, 4.69) is 26.1 Å². The van der Waals surface area contributed by atoms with Gasteiger partial charge in [-0.1, -0.05) is 0 Å². The molecule has 1 unspecified atom stereocenters. The summed E-state index contributed by atoms with van der Waals surface area (Å²) in [4.78, 5) is 1.38. The Bertz CT molecular complexity index is 437. The van der Waals surface area contributed by atoms with E-state index in [4.69, 9.17) is 4.42 Å². The molecule has 0 bridgehead atoms. The fraction of sp³-hybridized carbons (Fsp3) is 0.250. The number of aliphatic hydroxyl groups is 1. The zero-order chi connectivity index (χ0) is 10.1. The van der Waals surface area contributed by atoms with E-state index in [0.717, 1.165) is 4.47 Å². The predicted octanol–water partition coefficient (Wildman–Crippen LogP) is 1.25. The van der Waals surface area contributed by atoms with Crippen molar-refractivity contribution in [3.05, 3.63) is 34.5 Å². The zero-order valence-electron chi connectivity index (χ0n) is 7.38. The van der Waals surface area contributed by atoms with Crippen LogP contribution in [0, 0.1) is 0 Å². The summed E-state index contributed by atoms with van der Waals surface area (Å²) in [7, 11) is 1.69. The highest BCUT2D eigenvalue weighted by atomic mass is 79.9. The lowest BCUT2D eigenvalue weighted by Crippen LogP contribution is -2.01. The largest absolute Gasteiger partial charge is 0.465 e. The third-order valence-electron chi connectivity index (χ3n) is 1.79. The van der Waals surface area contributed by atoms with Crippen molar-refractivity contribution in [3.63, 3.8) is 0 Å². The summed E-state index contributed by atoms with van der Waals surface area (Å²) in [5.41, 5.74) is 0.461. The van der Waals surface area contributed by atoms with Crippen LogP contribution < -0.4 is 0 Å². The van der Waals surface area contributed by atoms with Gasteiger partial charge in [0, 0.05) is 7.05 Å². The zero-order valence-corrected chi connectivity index (χ0v) is 8.97. The molecule has 0 amide bonds. The highest BCUT2D eigenvalue weighted by Crippen LogP contribution is 2.27. The number of halogens is 1. The first kappa shape index (κ1) is 9.42. The van der Waals surface area contributed by atoms with Gasteiger partial charge in [0.25, 0.3) is 0 Å². The van der Waals surface area contributed by atoms with E-state index in [1.165, 1.54) is 17.3 Å². The maximum Gasteiger partial charge on any atom is 0.158 e. The number of aromatic nitrogens is 3. The molecule has 74 valence electrons. The number of hydrogen-bond donors (Lipinski definition) is 1. The molecule has 2 aromatic rings. The maximum absolute atomic E-state index is 9.84.